The smallest absolute Gasteiger partial charge is 0.245 e. The minimum absolute atomic E-state index is 0.0185. The molecule has 12 heteroatoms. The maximum Gasteiger partial charge on any atom is 0.245 e. The van der Waals surface area contributed by atoms with Crippen molar-refractivity contribution in [3.63, 3.8) is 0 Å². The SMILES string of the molecule is CC[C@H](C)C([C@@H](CC(=O)N1CCC[C@H]1[C@H](OC)[C@@H](C)C(=O)N[C@@H](Cc1ccccc1)C(=O)C(C)(C)C)OC)N(C)C(=O)C(NC(=O)C(C(C)C)N(C)C)C(C)C. The second-order valence-corrected chi connectivity index (χ2v) is 17.8. The molecule has 0 spiro atoms. The van der Waals surface area contributed by atoms with Gasteiger partial charge in [-0.2, -0.15) is 0 Å². The van der Waals surface area contributed by atoms with E-state index in [4.69, 9.17) is 9.47 Å². The number of benzene rings is 1. The van der Waals surface area contributed by atoms with Gasteiger partial charge in [-0.05, 0) is 56.7 Å². The molecule has 0 saturated carbocycles. The topological polar surface area (TPSA) is 138 Å². The Bertz CT molecular complexity index is 1420. The van der Waals surface area contributed by atoms with E-state index in [0.717, 1.165) is 18.4 Å². The molecule has 1 aliphatic rings. The summed E-state index contributed by atoms with van der Waals surface area (Å²) in [5, 5.41) is 6.08. The zero-order valence-corrected chi connectivity index (χ0v) is 37.2. The normalized spacial score (nSPS) is 19.2. The number of likely N-dealkylation sites (tertiary alicyclic amines) is 1. The molecule has 0 aromatic heterocycles. The van der Waals surface area contributed by atoms with Crippen LogP contribution in [0.2, 0.25) is 0 Å². The molecule has 0 radical (unpaired) electrons. The molecule has 1 fully saturated rings. The molecule has 2 N–H and O–H groups in total. The van der Waals surface area contributed by atoms with Gasteiger partial charge in [0, 0.05) is 33.2 Å². The highest BCUT2D eigenvalue weighted by Gasteiger charge is 2.44. The number of amides is 4. The lowest BCUT2D eigenvalue weighted by Crippen LogP contribution is -2.59. The maximum absolute atomic E-state index is 14.3. The van der Waals surface area contributed by atoms with Gasteiger partial charge in [-0.1, -0.05) is 106 Å². The van der Waals surface area contributed by atoms with Gasteiger partial charge in [-0.25, -0.2) is 0 Å². The Morgan fingerprint density at radius 2 is 1.48 bits per heavy atom. The minimum atomic E-state index is -0.766. The summed E-state index contributed by atoms with van der Waals surface area (Å²) in [6.45, 7) is 19.7. The molecule has 0 bridgehead atoms. The highest BCUT2D eigenvalue weighted by atomic mass is 16.5. The van der Waals surface area contributed by atoms with E-state index in [9.17, 15) is 24.0 Å². The Morgan fingerprint density at radius 1 is 0.875 bits per heavy atom. The van der Waals surface area contributed by atoms with Crippen molar-refractivity contribution in [2.75, 3.05) is 41.9 Å². The zero-order valence-electron chi connectivity index (χ0n) is 37.2. The number of ketones is 1. The van der Waals surface area contributed by atoms with Crippen molar-refractivity contribution in [3.8, 4) is 0 Å². The second kappa shape index (κ2) is 22.0. The van der Waals surface area contributed by atoms with Crippen LogP contribution in [0.3, 0.4) is 0 Å². The highest BCUT2D eigenvalue weighted by molar-refractivity contribution is 5.93. The predicted octanol–water partition coefficient (Wildman–Crippen LogP) is 4.98. The van der Waals surface area contributed by atoms with Crippen LogP contribution in [0, 0.1) is 29.1 Å². The van der Waals surface area contributed by atoms with Crippen LogP contribution in [-0.4, -0.2) is 128 Å². The van der Waals surface area contributed by atoms with Crippen LogP contribution in [0.4, 0.5) is 0 Å². The Morgan fingerprint density at radius 3 is 1.96 bits per heavy atom. The van der Waals surface area contributed by atoms with Gasteiger partial charge < -0.3 is 29.9 Å². The summed E-state index contributed by atoms with van der Waals surface area (Å²) >= 11 is 0. The number of nitrogens with zero attached hydrogens (tertiary/aromatic N) is 3. The maximum atomic E-state index is 14.3. The summed E-state index contributed by atoms with van der Waals surface area (Å²) in [5.41, 5.74) is 0.282. The van der Waals surface area contributed by atoms with Crippen LogP contribution >= 0.6 is 0 Å². The Kier molecular flexibility index (Phi) is 19.1. The lowest BCUT2D eigenvalue weighted by Gasteiger charge is -2.41. The van der Waals surface area contributed by atoms with E-state index in [-0.39, 0.29) is 59.6 Å². The fraction of sp³-hybridized carbons (Fsp3) is 0.750. The molecule has 1 heterocycles. The van der Waals surface area contributed by atoms with Crippen LogP contribution in [0.5, 0.6) is 0 Å². The monoisotopic (exact) mass is 786 g/mol. The molecule has 12 nitrogen and oxygen atoms in total. The minimum Gasteiger partial charge on any atom is -0.379 e. The number of nitrogens with one attached hydrogen (secondary N) is 2. The van der Waals surface area contributed by atoms with Gasteiger partial charge in [-0.15, -0.1) is 0 Å². The van der Waals surface area contributed by atoms with E-state index >= 15 is 0 Å². The Balaban J connectivity index is 2.32. The van der Waals surface area contributed by atoms with Gasteiger partial charge in [0.15, 0.2) is 5.78 Å². The first kappa shape index (κ1) is 48.8. The van der Waals surface area contributed by atoms with Crippen LogP contribution in [0.1, 0.15) is 100 Å². The first-order valence-corrected chi connectivity index (χ1v) is 20.6. The number of carbonyl (C=O) groups excluding carboxylic acids is 5. The first-order chi connectivity index (χ1) is 26.1. The molecule has 318 valence electrons. The number of Topliss-reactive ketones (excluding diaryl/α,β-unsaturated/α-hetero) is 1. The number of ether oxygens (including phenoxy) is 2. The third-order valence-electron chi connectivity index (χ3n) is 11.6. The van der Waals surface area contributed by atoms with Crippen LogP contribution < -0.4 is 10.6 Å². The van der Waals surface area contributed by atoms with E-state index in [0.29, 0.717) is 19.4 Å². The number of likely N-dealkylation sites (N-methyl/N-ethyl adjacent to an activating group) is 2. The van der Waals surface area contributed by atoms with E-state index in [1.54, 1.807) is 38.0 Å². The molecule has 0 aliphatic carbocycles. The lowest BCUT2D eigenvalue weighted by molar-refractivity contribution is -0.148. The van der Waals surface area contributed by atoms with E-state index in [1.165, 1.54) is 0 Å². The Hall–Kier alpha value is -3.35. The molecule has 1 aliphatic heterocycles. The van der Waals surface area contributed by atoms with Crippen molar-refractivity contribution in [2.45, 2.75) is 144 Å². The third-order valence-corrected chi connectivity index (χ3v) is 11.6. The summed E-state index contributed by atoms with van der Waals surface area (Å²) in [4.78, 5) is 74.8. The van der Waals surface area contributed by atoms with Crippen molar-refractivity contribution in [3.05, 3.63) is 35.9 Å². The molecule has 4 amide bonds. The van der Waals surface area contributed by atoms with Crippen LogP contribution in [-0.2, 0) is 39.9 Å². The average Bonchev–Trinajstić information content (AvgIpc) is 3.62. The first-order valence-electron chi connectivity index (χ1n) is 20.6. The van der Waals surface area contributed by atoms with Gasteiger partial charge in [0.2, 0.25) is 23.6 Å². The summed E-state index contributed by atoms with van der Waals surface area (Å²) in [7, 11) is 8.57. The highest BCUT2D eigenvalue weighted by Crippen LogP contribution is 2.30. The molecule has 56 heavy (non-hydrogen) atoms. The summed E-state index contributed by atoms with van der Waals surface area (Å²) < 4.78 is 12.0. The molecule has 9 atom stereocenters. The number of methoxy groups -OCH3 is 2. The summed E-state index contributed by atoms with van der Waals surface area (Å²) in [6.07, 6.45) is 1.27. The van der Waals surface area contributed by atoms with E-state index in [2.05, 4.69) is 10.6 Å². The molecule has 1 aromatic carbocycles. The largest absolute Gasteiger partial charge is 0.379 e. The second-order valence-electron chi connectivity index (χ2n) is 17.8. The summed E-state index contributed by atoms with van der Waals surface area (Å²) in [6, 6.07) is 6.91. The standard InChI is InChI=1S/C44H75N5O7/c1-16-29(6)38(48(13)43(54)36(27(2)3)46-42(53)37(28(4)5)47(11)12)34(55-14)26-35(50)49-24-20-23-33(49)39(56-15)30(7)41(52)45-32(40(51)44(8,9)10)25-31-21-18-17-19-22-31/h17-19,21-22,27-30,32-34,36-39H,16,20,23-26H2,1-15H3,(H,45,52)(H,46,53)/t29-,30+,32-,33-,34+,36?,37?,38?,39+/m0/s1. The molecule has 1 saturated heterocycles. The van der Waals surface area contributed by atoms with Crippen LogP contribution in [0.15, 0.2) is 30.3 Å². The van der Waals surface area contributed by atoms with E-state index in [1.807, 2.05) is 112 Å². The molecule has 2 rings (SSSR count). The van der Waals surface area contributed by atoms with Crippen LogP contribution in [0.25, 0.3) is 0 Å². The number of hydrogen-bond acceptors (Lipinski definition) is 8. The van der Waals surface area contributed by atoms with Crippen molar-refractivity contribution >= 4 is 29.4 Å². The fourth-order valence-corrected chi connectivity index (χ4v) is 8.30. The fourth-order valence-electron chi connectivity index (χ4n) is 8.30. The predicted molar refractivity (Wildman–Crippen MR) is 222 cm³/mol. The van der Waals surface area contributed by atoms with Gasteiger partial charge >= 0.3 is 0 Å². The lowest BCUT2D eigenvalue weighted by atomic mass is 9.83. The Labute approximate surface area is 338 Å². The van der Waals surface area contributed by atoms with Crippen molar-refractivity contribution in [2.24, 2.45) is 29.1 Å². The molecular formula is C44H75N5O7. The quantitative estimate of drug-likeness (QED) is 0.178. The van der Waals surface area contributed by atoms with Crippen molar-refractivity contribution in [1.29, 1.82) is 0 Å². The zero-order chi connectivity index (χ0) is 42.7. The van der Waals surface area contributed by atoms with Gasteiger partial charge in [0.05, 0.1) is 48.7 Å². The number of rotatable bonds is 21. The summed E-state index contributed by atoms with van der Waals surface area (Å²) in [5.74, 6) is -1.78. The average molecular weight is 786 g/mol. The van der Waals surface area contributed by atoms with Gasteiger partial charge in [-0.3, -0.25) is 28.9 Å². The molecule has 3 unspecified atom stereocenters. The van der Waals surface area contributed by atoms with Gasteiger partial charge in [0.1, 0.15) is 6.04 Å². The van der Waals surface area contributed by atoms with E-state index < -0.39 is 47.7 Å². The molecular weight excluding hydrogens is 711 g/mol. The number of hydrogen-bond donors (Lipinski definition) is 2. The van der Waals surface area contributed by atoms with Crippen molar-refractivity contribution < 1.29 is 33.4 Å². The van der Waals surface area contributed by atoms with Gasteiger partial charge in [0.25, 0.3) is 0 Å². The third kappa shape index (κ3) is 12.8. The van der Waals surface area contributed by atoms with Crippen molar-refractivity contribution in [1.82, 2.24) is 25.3 Å². The molecule has 1 aromatic rings. The number of carbonyl (C=O) groups is 5.